The maximum absolute atomic E-state index is 10.8. The van der Waals surface area contributed by atoms with E-state index < -0.39 is 5.24 Å². The lowest BCUT2D eigenvalue weighted by Gasteiger charge is -2.38. The number of aryl methyl sites for hydroxylation is 1. The predicted octanol–water partition coefficient (Wildman–Crippen LogP) is 7.17. The molecule has 0 aromatic heterocycles. The summed E-state index contributed by atoms with van der Waals surface area (Å²) in [6.45, 7) is 0. The average molecular weight is 373 g/mol. The van der Waals surface area contributed by atoms with E-state index in [2.05, 4.69) is 24.3 Å². The number of carbonyl (C=O) groups excluding carboxylic acids is 1. The lowest BCUT2D eigenvalue weighted by molar-refractivity contribution is -0.107. The summed E-state index contributed by atoms with van der Waals surface area (Å²) in [6, 6.07) is 8.64. The smallest absolute Gasteiger partial charge is 0.245 e. The maximum atomic E-state index is 10.8. The minimum absolute atomic E-state index is 0.420. The van der Waals surface area contributed by atoms with Gasteiger partial charge in [0.05, 0.1) is 0 Å². The fourth-order valence-corrected chi connectivity index (χ4v) is 5.33. The zero-order valence-corrected chi connectivity index (χ0v) is 16.7. The molecule has 3 rings (SSSR count). The van der Waals surface area contributed by atoms with Crippen LogP contribution in [-0.4, -0.2) is 5.24 Å². The Kier molecular flexibility index (Phi) is 7.80. The molecule has 2 saturated carbocycles. The SMILES string of the molecule is O=C(Cl)/C=C/c1ccc(CCC(C2CCCCC2)C2CCCCC2)cc1. The molecule has 0 unspecified atom stereocenters. The monoisotopic (exact) mass is 372 g/mol. The summed E-state index contributed by atoms with van der Waals surface area (Å²) in [5, 5.41) is -0.420. The molecule has 0 N–H and O–H groups in total. The molecular weight excluding hydrogens is 340 g/mol. The standard InChI is InChI=1S/C24H33ClO/c25-24(26)18-16-20-13-11-19(12-14-20)15-17-23(21-7-3-1-4-8-21)22-9-5-2-6-10-22/h11-14,16,18,21-23H,1-10,15,17H2/b18-16+. The van der Waals surface area contributed by atoms with Crippen molar-refractivity contribution in [1.29, 1.82) is 0 Å². The lowest BCUT2D eigenvalue weighted by atomic mass is 9.68. The van der Waals surface area contributed by atoms with Gasteiger partial charge < -0.3 is 0 Å². The summed E-state index contributed by atoms with van der Waals surface area (Å²) < 4.78 is 0. The van der Waals surface area contributed by atoms with Crippen LogP contribution in [0.4, 0.5) is 0 Å². The molecule has 2 aliphatic carbocycles. The first-order valence-electron chi connectivity index (χ1n) is 10.7. The van der Waals surface area contributed by atoms with E-state index in [9.17, 15) is 4.79 Å². The van der Waals surface area contributed by atoms with Crippen molar-refractivity contribution in [3.05, 3.63) is 41.5 Å². The van der Waals surface area contributed by atoms with E-state index in [1.807, 2.05) is 0 Å². The van der Waals surface area contributed by atoms with E-state index in [4.69, 9.17) is 11.6 Å². The molecule has 0 aliphatic heterocycles. The van der Waals surface area contributed by atoms with Gasteiger partial charge in [0, 0.05) is 0 Å². The highest BCUT2D eigenvalue weighted by molar-refractivity contribution is 6.66. The van der Waals surface area contributed by atoms with E-state index in [1.54, 1.807) is 6.08 Å². The van der Waals surface area contributed by atoms with Crippen molar-refractivity contribution in [2.75, 3.05) is 0 Å². The maximum Gasteiger partial charge on any atom is 0.245 e. The minimum atomic E-state index is -0.420. The second-order valence-electron chi connectivity index (χ2n) is 8.38. The summed E-state index contributed by atoms with van der Waals surface area (Å²) in [5.74, 6) is 2.89. The zero-order valence-electron chi connectivity index (χ0n) is 16.0. The third-order valence-corrected chi connectivity index (χ3v) is 6.79. The molecule has 2 fully saturated rings. The average Bonchev–Trinajstić information content (AvgIpc) is 2.69. The first-order valence-corrected chi connectivity index (χ1v) is 11.1. The Balaban J connectivity index is 1.60. The highest BCUT2D eigenvalue weighted by atomic mass is 35.5. The van der Waals surface area contributed by atoms with Gasteiger partial charge in [0.1, 0.15) is 0 Å². The van der Waals surface area contributed by atoms with Crippen LogP contribution in [0.1, 0.15) is 81.8 Å². The van der Waals surface area contributed by atoms with Crippen LogP contribution in [0, 0.1) is 17.8 Å². The van der Waals surface area contributed by atoms with Gasteiger partial charge in [0.15, 0.2) is 0 Å². The number of hydrogen-bond donors (Lipinski definition) is 0. The van der Waals surface area contributed by atoms with Crippen LogP contribution in [-0.2, 0) is 11.2 Å². The van der Waals surface area contributed by atoms with E-state index in [1.165, 1.54) is 88.7 Å². The fraction of sp³-hybridized carbons (Fsp3) is 0.625. The van der Waals surface area contributed by atoms with Gasteiger partial charge in [-0.05, 0) is 59.4 Å². The molecule has 0 bridgehead atoms. The minimum Gasteiger partial charge on any atom is -0.276 e. The van der Waals surface area contributed by atoms with Crippen LogP contribution >= 0.6 is 11.6 Å². The second kappa shape index (κ2) is 10.3. The van der Waals surface area contributed by atoms with Crippen LogP contribution in [0.5, 0.6) is 0 Å². The van der Waals surface area contributed by atoms with Crippen LogP contribution in [0.15, 0.2) is 30.3 Å². The summed E-state index contributed by atoms with van der Waals surface area (Å²) in [4.78, 5) is 10.8. The molecular formula is C24H33ClO. The van der Waals surface area contributed by atoms with Crippen molar-refractivity contribution < 1.29 is 4.79 Å². The quantitative estimate of drug-likeness (QED) is 0.366. The molecule has 1 aromatic rings. The highest BCUT2D eigenvalue weighted by Gasteiger charge is 2.30. The summed E-state index contributed by atoms with van der Waals surface area (Å²) in [7, 11) is 0. The first kappa shape index (κ1) is 19.7. The Morgan fingerprint density at radius 1 is 0.923 bits per heavy atom. The summed E-state index contributed by atoms with van der Waals surface area (Å²) in [6.07, 6.45) is 20.3. The molecule has 0 atom stereocenters. The van der Waals surface area contributed by atoms with Gasteiger partial charge in [-0.2, -0.15) is 0 Å². The predicted molar refractivity (Wildman–Crippen MR) is 111 cm³/mol. The third-order valence-electron chi connectivity index (χ3n) is 6.66. The van der Waals surface area contributed by atoms with Gasteiger partial charge in [-0.3, -0.25) is 4.79 Å². The van der Waals surface area contributed by atoms with Crippen LogP contribution in [0.25, 0.3) is 6.08 Å². The molecule has 142 valence electrons. The Morgan fingerprint density at radius 3 is 1.96 bits per heavy atom. The highest BCUT2D eigenvalue weighted by Crippen LogP contribution is 2.42. The van der Waals surface area contributed by atoms with Crippen LogP contribution < -0.4 is 0 Å². The van der Waals surface area contributed by atoms with Crippen molar-refractivity contribution in [3.8, 4) is 0 Å². The first-order chi connectivity index (χ1) is 12.7. The van der Waals surface area contributed by atoms with Gasteiger partial charge in [-0.1, -0.05) is 94.5 Å². The normalized spacial score (nSPS) is 20.1. The van der Waals surface area contributed by atoms with E-state index in [0.29, 0.717) is 0 Å². The Hall–Kier alpha value is -1.08. The fourth-order valence-electron chi connectivity index (χ4n) is 5.27. The molecule has 0 amide bonds. The summed E-state index contributed by atoms with van der Waals surface area (Å²) >= 11 is 5.37. The molecule has 0 radical (unpaired) electrons. The van der Waals surface area contributed by atoms with Gasteiger partial charge in [0.25, 0.3) is 0 Å². The van der Waals surface area contributed by atoms with Crippen LogP contribution in [0.2, 0.25) is 0 Å². The second-order valence-corrected chi connectivity index (χ2v) is 8.75. The number of hydrogen-bond acceptors (Lipinski definition) is 1. The van der Waals surface area contributed by atoms with Gasteiger partial charge >= 0.3 is 0 Å². The van der Waals surface area contributed by atoms with Gasteiger partial charge in [-0.15, -0.1) is 0 Å². The molecule has 0 saturated heterocycles. The molecule has 26 heavy (non-hydrogen) atoms. The topological polar surface area (TPSA) is 17.1 Å². The van der Waals surface area contributed by atoms with Crippen molar-refractivity contribution >= 4 is 22.9 Å². The molecule has 0 heterocycles. The summed E-state index contributed by atoms with van der Waals surface area (Å²) in [5.41, 5.74) is 2.47. The van der Waals surface area contributed by atoms with Crippen LogP contribution in [0.3, 0.4) is 0 Å². The number of halogens is 1. The van der Waals surface area contributed by atoms with Crippen molar-refractivity contribution in [2.24, 2.45) is 17.8 Å². The van der Waals surface area contributed by atoms with E-state index in [-0.39, 0.29) is 0 Å². The van der Waals surface area contributed by atoms with Crippen molar-refractivity contribution in [1.82, 2.24) is 0 Å². The largest absolute Gasteiger partial charge is 0.276 e. The number of carbonyl (C=O) groups is 1. The molecule has 1 aromatic carbocycles. The van der Waals surface area contributed by atoms with E-state index >= 15 is 0 Å². The molecule has 0 spiro atoms. The van der Waals surface area contributed by atoms with Crippen molar-refractivity contribution in [2.45, 2.75) is 77.0 Å². The lowest BCUT2D eigenvalue weighted by Crippen LogP contribution is -2.27. The Labute approximate surface area is 164 Å². The van der Waals surface area contributed by atoms with Crippen molar-refractivity contribution in [3.63, 3.8) is 0 Å². The van der Waals surface area contributed by atoms with E-state index in [0.717, 1.165) is 23.3 Å². The number of allylic oxidation sites excluding steroid dienone is 1. The Morgan fingerprint density at radius 2 is 1.46 bits per heavy atom. The third kappa shape index (κ3) is 5.98. The molecule has 2 aliphatic rings. The molecule has 1 nitrogen and oxygen atoms in total. The molecule has 2 heteroatoms. The Bertz CT molecular complexity index is 559. The number of rotatable bonds is 7. The van der Waals surface area contributed by atoms with Gasteiger partial charge in [-0.25, -0.2) is 0 Å². The number of benzene rings is 1. The zero-order chi connectivity index (χ0) is 18.2. The van der Waals surface area contributed by atoms with Gasteiger partial charge in [0.2, 0.25) is 5.24 Å².